The smallest absolute Gasteiger partial charge is 0.253 e. The number of nitrogens with one attached hydrogen (secondary N) is 1. The van der Waals surface area contributed by atoms with Crippen molar-refractivity contribution in [2.45, 2.75) is 20.8 Å². The lowest BCUT2D eigenvalue weighted by atomic mass is 10.1. The summed E-state index contributed by atoms with van der Waals surface area (Å²) in [5, 5.41) is 4.30. The van der Waals surface area contributed by atoms with Crippen LogP contribution in [0.15, 0.2) is 48.8 Å². The van der Waals surface area contributed by atoms with Crippen LogP contribution < -0.4 is 5.32 Å². The predicted molar refractivity (Wildman–Crippen MR) is 101 cm³/mol. The van der Waals surface area contributed by atoms with Gasteiger partial charge in [0.25, 0.3) is 5.91 Å². The molecule has 2 aromatic carbocycles. The number of rotatable bonds is 5. The maximum Gasteiger partial charge on any atom is 0.253 e. The third kappa shape index (κ3) is 3.60. The second-order valence-electron chi connectivity index (χ2n) is 5.92. The first kappa shape index (κ1) is 16.9. The molecule has 0 aliphatic heterocycles. The normalized spacial score (nSPS) is 10.7. The Morgan fingerprint density at radius 3 is 2.44 bits per heavy atom. The summed E-state index contributed by atoms with van der Waals surface area (Å²) in [5.74, 6) is 0.816. The zero-order valence-corrected chi connectivity index (χ0v) is 14.8. The predicted octanol–water partition coefficient (Wildman–Crippen LogP) is 4.16. The summed E-state index contributed by atoms with van der Waals surface area (Å²) in [7, 11) is 0. The van der Waals surface area contributed by atoms with Crippen LogP contribution in [0.2, 0.25) is 0 Å². The van der Waals surface area contributed by atoms with Crippen molar-refractivity contribution in [3.63, 3.8) is 0 Å². The van der Waals surface area contributed by atoms with Crippen molar-refractivity contribution >= 4 is 28.3 Å². The number of hydrogen-bond donors (Lipinski definition) is 1. The molecule has 0 fully saturated rings. The van der Waals surface area contributed by atoms with Gasteiger partial charge in [-0.15, -0.1) is 0 Å². The number of amides is 1. The Morgan fingerprint density at radius 1 is 1.04 bits per heavy atom. The molecular formula is C20H22N4O. The van der Waals surface area contributed by atoms with Crippen molar-refractivity contribution in [2.24, 2.45) is 0 Å². The fourth-order valence-corrected chi connectivity index (χ4v) is 2.80. The standard InChI is InChI=1S/C20H22N4O/c1-4-24(5-2)20(25)15-7-9-16(10-8-15)23-19-17-12-14(3)6-11-18(17)21-13-22-19/h6-13H,4-5H2,1-3H3,(H,21,22,23). The number of nitrogens with zero attached hydrogens (tertiary/aromatic N) is 3. The second-order valence-corrected chi connectivity index (χ2v) is 5.92. The monoisotopic (exact) mass is 334 g/mol. The molecule has 5 heteroatoms. The Balaban J connectivity index is 1.85. The lowest BCUT2D eigenvalue weighted by Crippen LogP contribution is -2.30. The van der Waals surface area contributed by atoms with Crippen LogP contribution in [-0.4, -0.2) is 33.9 Å². The van der Waals surface area contributed by atoms with E-state index in [-0.39, 0.29) is 5.91 Å². The van der Waals surface area contributed by atoms with E-state index >= 15 is 0 Å². The Bertz CT molecular complexity index is 886. The molecule has 0 spiro atoms. The van der Waals surface area contributed by atoms with Gasteiger partial charge in [0.05, 0.1) is 5.52 Å². The molecule has 0 saturated carbocycles. The Labute approximate surface area is 147 Å². The first-order valence-corrected chi connectivity index (χ1v) is 8.50. The highest BCUT2D eigenvalue weighted by molar-refractivity contribution is 5.95. The van der Waals surface area contributed by atoms with E-state index in [1.165, 1.54) is 0 Å². The number of hydrogen-bond acceptors (Lipinski definition) is 4. The van der Waals surface area contributed by atoms with E-state index < -0.39 is 0 Å². The lowest BCUT2D eigenvalue weighted by molar-refractivity contribution is 0.0773. The topological polar surface area (TPSA) is 58.1 Å². The molecule has 0 atom stereocenters. The summed E-state index contributed by atoms with van der Waals surface area (Å²) >= 11 is 0. The molecule has 1 amide bonds. The van der Waals surface area contributed by atoms with Gasteiger partial charge in [-0.3, -0.25) is 4.79 Å². The number of benzene rings is 2. The molecule has 0 bridgehead atoms. The molecule has 25 heavy (non-hydrogen) atoms. The summed E-state index contributed by atoms with van der Waals surface area (Å²) in [5.41, 5.74) is 3.64. The van der Waals surface area contributed by atoms with Crippen LogP contribution in [0.3, 0.4) is 0 Å². The third-order valence-electron chi connectivity index (χ3n) is 4.24. The summed E-state index contributed by atoms with van der Waals surface area (Å²) in [4.78, 5) is 22.8. The van der Waals surface area contributed by atoms with E-state index in [9.17, 15) is 4.79 Å². The van der Waals surface area contributed by atoms with Gasteiger partial charge in [-0.25, -0.2) is 9.97 Å². The third-order valence-corrected chi connectivity index (χ3v) is 4.24. The molecule has 0 aliphatic carbocycles. The van der Waals surface area contributed by atoms with Crippen molar-refractivity contribution in [1.29, 1.82) is 0 Å². The number of carbonyl (C=O) groups is 1. The average Bonchev–Trinajstić information content (AvgIpc) is 2.64. The number of carbonyl (C=O) groups excluding carboxylic acids is 1. The van der Waals surface area contributed by atoms with Crippen LogP contribution in [-0.2, 0) is 0 Å². The van der Waals surface area contributed by atoms with Gasteiger partial charge in [-0.2, -0.15) is 0 Å². The van der Waals surface area contributed by atoms with Crippen molar-refractivity contribution in [3.05, 3.63) is 59.9 Å². The summed E-state index contributed by atoms with van der Waals surface area (Å²) < 4.78 is 0. The molecule has 5 nitrogen and oxygen atoms in total. The fraction of sp³-hybridized carbons (Fsp3) is 0.250. The van der Waals surface area contributed by atoms with E-state index in [2.05, 4.69) is 21.4 Å². The van der Waals surface area contributed by atoms with Gasteiger partial charge < -0.3 is 10.2 Å². The van der Waals surface area contributed by atoms with E-state index in [1.807, 2.05) is 62.1 Å². The molecule has 0 radical (unpaired) electrons. The average molecular weight is 334 g/mol. The SMILES string of the molecule is CCN(CC)C(=O)c1ccc(Nc2ncnc3ccc(C)cc23)cc1. The molecule has 3 rings (SSSR count). The van der Waals surface area contributed by atoms with Crippen LogP contribution >= 0.6 is 0 Å². The minimum atomic E-state index is 0.0552. The minimum absolute atomic E-state index is 0.0552. The largest absolute Gasteiger partial charge is 0.340 e. The molecule has 1 heterocycles. The number of aryl methyl sites for hydroxylation is 1. The second kappa shape index (κ2) is 7.30. The number of anilines is 2. The molecule has 0 unspecified atom stereocenters. The summed E-state index contributed by atoms with van der Waals surface area (Å²) in [6, 6.07) is 13.6. The maximum atomic E-state index is 12.4. The Hall–Kier alpha value is -2.95. The van der Waals surface area contributed by atoms with Crippen molar-refractivity contribution < 1.29 is 4.79 Å². The van der Waals surface area contributed by atoms with E-state index in [0.29, 0.717) is 18.7 Å². The van der Waals surface area contributed by atoms with Crippen molar-refractivity contribution in [3.8, 4) is 0 Å². The van der Waals surface area contributed by atoms with Crippen LogP contribution in [0, 0.1) is 6.92 Å². The Kier molecular flexibility index (Phi) is 4.93. The number of aromatic nitrogens is 2. The Morgan fingerprint density at radius 2 is 1.76 bits per heavy atom. The van der Waals surface area contributed by atoms with Crippen LogP contribution in [0.25, 0.3) is 10.9 Å². The van der Waals surface area contributed by atoms with Gasteiger partial charge in [0.15, 0.2) is 0 Å². The summed E-state index contributed by atoms with van der Waals surface area (Å²) in [6.07, 6.45) is 1.55. The van der Waals surface area contributed by atoms with Crippen LogP contribution in [0.5, 0.6) is 0 Å². The molecule has 3 aromatic rings. The molecular weight excluding hydrogens is 312 g/mol. The fourth-order valence-electron chi connectivity index (χ4n) is 2.80. The van der Waals surface area contributed by atoms with Crippen molar-refractivity contribution in [2.75, 3.05) is 18.4 Å². The van der Waals surface area contributed by atoms with E-state index in [0.717, 1.165) is 28.0 Å². The van der Waals surface area contributed by atoms with Gasteiger partial charge in [-0.05, 0) is 57.2 Å². The minimum Gasteiger partial charge on any atom is -0.340 e. The molecule has 1 aromatic heterocycles. The van der Waals surface area contributed by atoms with Gasteiger partial charge in [0.2, 0.25) is 0 Å². The molecule has 1 N–H and O–H groups in total. The van der Waals surface area contributed by atoms with Crippen LogP contribution in [0.1, 0.15) is 29.8 Å². The quantitative estimate of drug-likeness (QED) is 0.761. The van der Waals surface area contributed by atoms with Crippen LogP contribution in [0.4, 0.5) is 11.5 Å². The zero-order chi connectivity index (χ0) is 17.8. The van der Waals surface area contributed by atoms with Gasteiger partial charge >= 0.3 is 0 Å². The first-order valence-electron chi connectivity index (χ1n) is 8.50. The maximum absolute atomic E-state index is 12.4. The lowest BCUT2D eigenvalue weighted by Gasteiger charge is -2.18. The molecule has 128 valence electrons. The van der Waals surface area contributed by atoms with E-state index in [4.69, 9.17) is 0 Å². The molecule has 0 saturated heterocycles. The highest BCUT2D eigenvalue weighted by Crippen LogP contribution is 2.24. The first-order chi connectivity index (χ1) is 12.1. The highest BCUT2D eigenvalue weighted by Gasteiger charge is 2.12. The zero-order valence-electron chi connectivity index (χ0n) is 14.8. The van der Waals surface area contributed by atoms with Gasteiger partial charge in [0.1, 0.15) is 12.1 Å². The highest BCUT2D eigenvalue weighted by atomic mass is 16.2. The molecule has 0 aliphatic rings. The number of fused-ring (bicyclic) bond motifs is 1. The van der Waals surface area contributed by atoms with E-state index in [1.54, 1.807) is 6.33 Å². The van der Waals surface area contributed by atoms with Gasteiger partial charge in [0, 0.05) is 29.7 Å². The van der Waals surface area contributed by atoms with Gasteiger partial charge in [-0.1, -0.05) is 11.6 Å². The van der Waals surface area contributed by atoms with Crippen molar-refractivity contribution in [1.82, 2.24) is 14.9 Å². The summed E-state index contributed by atoms with van der Waals surface area (Å²) in [6.45, 7) is 7.44.